The Labute approximate surface area is 197 Å². The van der Waals surface area contributed by atoms with Gasteiger partial charge in [-0.25, -0.2) is 4.99 Å². The number of rotatable bonds is 7. The molecule has 1 aliphatic carbocycles. The number of carbonyl (C=O) groups is 1. The smallest absolute Gasteiger partial charge is 0.222 e. The molecule has 1 saturated heterocycles. The van der Waals surface area contributed by atoms with Crippen molar-refractivity contribution in [3.05, 3.63) is 35.4 Å². The summed E-state index contributed by atoms with van der Waals surface area (Å²) in [4.78, 5) is 18.6. The minimum Gasteiger partial charge on any atom is -0.392 e. The fourth-order valence-corrected chi connectivity index (χ4v) is 4.30. The van der Waals surface area contributed by atoms with Crippen molar-refractivity contribution in [2.24, 2.45) is 10.4 Å². The summed E-state index contributed by atoms with van der Waals surface area (Å²) in [5.41, 5.74) is 2.19. The van der Waals surface area contributed by atoms with E-state index in [0.717, 1.165) is 62.4 Å². The van der Waals surface area contributed by atoms with E-state index in [1.807, 2.05) is 11.0 Å². The van der Waals surface area contributed by atoms with Crippen LogP contribution in [-0.4, -0.2) is 47.6 Å². The van der Waals surface area contributed by atoms with Gasteiger partial charge in [-0.15, -0.1) is 24.0 Å². The molecule has 168 valence electrons. The Morgan fingerprint density at radius 3 is 2.77 bits per heavy atom. The monoisotopic (exact) mass is 528 g/mol. The molecule has 1 saturated carbocycles. The fraction of sp³-hybridized carbons (Fsp3) is 0.652. The quantitative estimate of drug-likeness (QED) is 0.288. The standard InChI is InChI=1S/C23H36N4O2.HI/c1-3-24-22(26-17-23(2)12-5-4-10-20(23)28)25-15-18-8-6-9-19(14-18)16-27-13-7-11-21(27)29;/h6,8-9,14,20,28H,3-5,7,10-13,15-17H2,1-2H3,(H2,24,25,26);1H. The van der Waals surface area contributed by atoms with E-state index >= 15 is 0 Å². The summed E-state index contributed by atoms with van der Waals surface area (Å²) >= 11 is 0. The van der Waals surface area contributed by atoms with Gasteiger partial charge >= 0.3 is 0 Å². The normalized spacial score (nSPS) is 24.5. The maximum absolute atomic E-state index is 11.9. The van der Waals surface area contributed by atoms with Crippen molar-refractivity contribution in [2.45, 2.75) is 71.6 Å². The highest BCUT2D eigenvalue weighted by Crippen LogP contribution is 2.35. The van der Waals surface area contributed by atoms with Gasteiger partial charge in [-0.1, -0.05) is 44.0 Å². The van der Waals surface area contributed by atoms with Crippen LogP contribution in [0.1, 0.15) is 63.5 Å². The van der Waals surface area contributed by atoms with Gasteiger partial charge in [0, 0.05) is 38.0 Å². The lowest BCUT2D eigenvalue weighted by Crippen LogP contribution is -2.48. The third-order valence-corrected chi connectivity index (χ3v) is 6.24. The SMILES string of the molecule is CCNC(=NCc1cccc(CN2CCCC2=O)c1)NCC1(C)CCCCC1O.I. The van der Waals surface area contributed by atoms with Crippen LogP contribution >= 0.6 is 24.0 Å². The topological polar surface area (TPSA) is 77.0 Å². The largest absolute Gasteiger partial charge is 0.392 e. The van der Waals surface area contributed by atoms with Crippen molar-refractivity contribution >= 4 is 35.8 Å². The molecule has 3 N–H and O–H groups in total. The van der Waals surface area contributed by atoms with E-state index in [0.29, 0.717) is 19.5 Å². The summed E-state index contributed by atoms with van der Waals surface area (Å²) in [7, 11) is 0. The van der Waals surface area contributed by atoms with Crippen LogP contribution in [0, 0.1) is 5.41 Å². The number of nitrogens with one attached hydrogen (secondary N) is 2. The van der Waals surface area contributed by atoms with Crippen molar-refractivity contribution in [3.8, 4) is 0 Å². The molecule has 0 aromatic heterocycles. The van der Waals surface area contributed by atoms with Crippen LogP contribution in [0.2, 0.25) is 0 Å². The fourth-order valence-electron chi connectivity index (χ4n) is 4.30. The molecular weight excluding hydrogens is 491 g/mol. The van der Waals surface area contributed by atoms with E-state index in [9.17, 15) is 9.90 Å². The average molecular weight is 528 g/mol. The number of amides is 1. The Bertz CT molecular complexity index is 727. The first-order chi connectivity index (χ1) is 14.0. The van der Waals surface area contributed by atoms with Gasteiger partial charge in [-0.2, -0.15) is 0 Å². The van der Waals surface area contributed by atoms with Crippen LogP contribution in [0.5, 0.6) is 0 Å². The van der Waals surface area contributed by atoms with Gasteiger partial charge in [0.1, 0.15) is 0 Å². The van der Waals surface area contributed by atoms with Crippen molar-refractivity contribution in [1.82, 2.24) is 15.5 Å². The second kappa shape index (κ2) is 11.9. The van der Waals surface area contributed by atoms with Gasteiger partial charge in [-0.05, 0) is 37.3 Å². The second-order valence-corrected chi connectivity index (χ2v) is 8.70. The number of halogens is 1. The number of hydrogen-bond donors (Lipinski definition) is 3. The van der Waals surface area contributed by atoms with Crippen molar-refractivity contribution < 1.29 is 9.90 Å². The number of nitrogens with zero attached hydrogens (tertiary/aromatic N) is 2. The Morgan fingerprint density at radius 1 is 1.27 bits per heavy atom. The summed E-state index contributed by atoms with van der Waals surface area (Å²) in [6, 6.07) is 8.34. The first-order valence-electron chi connectivity index (χ1n) is 11.1. The Kier molecular flexibility index (Phi) is 9.87. The first kappa shape index (κ1) is 24.9. The molecule has 1 heterocycles. The maximum Gasteiger partial charge on any atom is 0.222 e. The molecule has 1 aromatic carbocycles. The highest BCUT2D eigenvalue weighted by molar-refractivity contribution is 14.0. The van der Waals surface area contributed by atoms with Crippen LogP contribution in [0.25, 0.3) is 0 Å². The predicted octanol–water partition coefficient (Wildman–Crippen LogP) is 3.42. The van der Waals surface area contributed by atoms with E-state index < -0.39 is 0 Å². The number of aliphatic hydroxyl groups is 1. The minimum absolute atomic E-state index is 0. The number of aliphatic hydroxyl groups excluding tert-OH is 1. The van der Waals surface area contributed by atoms with Crippen LogP contribution in [0.4, 0.5) is 0 Å². The van der Waals surface area contributed by atoms with Crippen molar-refractivity contribution in [1.29, 1.82) is 0 Å². The molecule has 30 heavy (non-hydrogen) atoms. The van der Waals surface area contributed by atoms with Crippen molar-refractivity contribution in [3.63, 3.8) is 0 Å². The third-order valence-electron chi connectivity index (χ3n) is 6.24. The average Bonchev–Trinajstić information content (AvgIpc) is 3.11. The van der Waals surface area contributed by atoms with Gasteiger partial charge in [0.2, 0.25) is 5.91 Å². The number of hydrogen-bond acceptors (Lipinski definition) is 3. The summed E-state index contributed by atoms with van der Waals surface area (Å²) in [6.45, 7) is 7.86. The summed E-state index contributed by atoms with van der Waals surface area (Å²) in [6.07, 6.45) is 5.61. The number of likely N-dealkylation sites (tertiary alicyclic amines) is 1. The Hall–Kier alpha value is -1.35. The zero-order valence-electron chi connectivity index (χ0n) is 18.3. The van der Waals surface area contributed by atoms with E-state index in [-0.39, 0.29) is 41.4 Å². The summed E-state index contributed by atoms with van der Waals surface area (Å²) in [5, 5.41) is 17.2. The molecule has 1 aliphatic heterocycles. The number of guanidine groups is 1. The van der Waals surface area contributed by atoms with E-state index in [2.05, 4.69) is 42.7 Å². The van der Waals surface area contributed by atoms with Gasteiger partial charge in [-0.3, -0.25) is 4.79 Å². The zero-order chi connectivity index (χ0) is 20.7. The van der Waals surface area contributed by atoms with Crippen LogP contribution in [0.15, 0.2) is 29.3 Å². The third kappa shape index (κ3) is 6.83. The predicted molar refractivity (Wildman–Crippen MR) is 132 cm³/mol. The van der Waals surface area contributed by atoms with Gasteiger partial charge in [0.05, 0.1) is 12.6 Å². The molecule has 1 aromatic rings. The Morgan fingerprint density at radius 2 is 2.07 bits per heavy atom. The first-order valence-corrected chi connectivity index (χ1v) is 11.1. The molecule has 2 unspecified atom stereocenters. The van der Waals surface area contributed by atoms with Crippen LogP contribution in [-0.2, 0) is 17.9 Å². The molecule has 0 radical (unpaired) electrons. The molecule has 3 rings (SSSR count). The van der Waals surface area contributed by atoms with E-state index in [1.165, 1.54) is 6.42 Å². The second-order valence-electron chi connectivity index (χ2n) is 8.70. The highest BCUT2D eigenvalue weighted by Gasteiger charge is 2.35. The minimum atomic E-state index is -0.253. The number of aliphatic imine (C=N–C) groups is 1. The van der Waals surface area contributed by atoms with Crippen molar-refractivity contribution in [2.75, 3.05) is 19.6 Å². The van der Waals surface area contributed by atoms with E-state index in [1.54, 1.807) is 0 Å². The molecule has 2 fully saturated rings. The van der Waals surface area contributed by atoms with Gasteiger partial charge < -0.3 is 20.6 Å². The summed E-state index contributed by atoms with van der Waals surface area (Å²) in [5.74, 6) is 1.04. The molecule has 2 atom stereocenters. The van der Waals surface area contributed by atoms with Gasteiger partial charge in [0.15, 0.2) is 5.96 Å². The molecule has 1 amide bonds. The molecule has 0 bridgehead atoms. The Balaban J connectivity index is 0.00000320. The maximum atomic E-state index is 11.9. The van der Waals surface area contributed by atoms with Crippen LogP contribution < -0.4 is 10.6 Å². The molecule has 0 spiro atoms. The van der Waals surface area contributed by atoms with E-state index in [4.69, 9.17) is 4.99 Å². The lowest BCUT2D eigenvalue weighted by Gasteiger charge is -2.38. The molecule has 2 aliphatic rings. The molecular formula is C23H37IN4O2. The van der Waals surface area contributed by atoms with Gasteiger partial charge in [0.25, 0.3) is 0 Å². The zero-order valence-corrected chi connectivity index (χ0v) is 20.7. The number of benzene rings is 1. The number of carbonyl (C=O) groups excluding carboxylic acids is 1. The summed E-state index contributed by atoms with van der Waals surface area (Å²) < 4.78 is 0. The lowest BCUT2D eigenvalue weighted by molar-refractivity contribution is -0.128. The lowest BCUT2D eigenvalue weighted by atomic mass is 9.73. The molecule has 6 nitrogen and oxygen atoms in total. The highest BCUT2D eigenvalue weighted by atomic mass is 127. The molecule has 7 heteroatoms. The van der Waals surface area contributed by atoms with Crippen LogP contribution in [0.3, 0.4) is 0 Å².